The van der Waals surface area contributed by atoms with Crippen molar-refractivity contribution in [3.63, 3.8) is 0 Å². The van der Waals surface area contributed by atoms with Crippen LogP contribution in [0.5, 0.6) is 11.5 Å². The Hall–Kier alpha value is -3.23. The fourth-order valence-corrected chi connectivity index (χ4v) is 4.98. The minimum atomic E-state index is -4.00. The molecule has 8 heteroatoms. The van der Waals surface area contributed by atoms with Crippen molar-refractivity contribution < 1.29 is 23.1 Å². The van der Waals surface area contributed by atoms with E-state index in [1.54, 1.807) is 48.8 Å². The summed E-state index contributed by atoms with van der Waals surface area (Å²) in [6.07, 6.45) is 3.64. The molecule has 1 aromatic heterocycles. The van der Waals surface area contributed by atoms with Gasteiger partial charge in [-0.25, -0.2) is 8.42 Å². The van der Waals surface area contributed by atoms with Crippen LogP contribution in [0.1, 0.15) is 17.2 Å². The predicted molar refractivity (Wildman–Crippen MR) is 105 cm³/mol. The molecule has 1 atom stereocenters. The first-order valence-electron chi connectivity index (χ1n) is 8.97. The molecule has 0 saturated heterocycles. The number of aliphatic carboxylic acids is 1. The molecule has 1 N–H and O–H groups in total. The summed E-state index contributed by atoms with van der Waals surface area (Å²) < 4.78 is 33.1. The van der Waals surface area contributed by atoms with E-state index in [4.69, 9.17) is 4.74 Å². The molecule has 1 aliphatic rings. The van der Waals surface area contributed by atoms with Gasteiger partial charge in [-0.2, -0.15) is 4.31 Å². The number of ether oxygens (including phenoxy) is 1. The van der Waals surface area contributed by atoms with Crippen LogP contribution < -0.4 is 4.74 Å². The summed E-state index contributed by atoms with van der Waals surface area (Å²) in [5.74, 6) is -0.151. The summed E-state index contributed by atoms with van der Waals surface area (Å²) in [5.41, 5.74) is 1.36. The lowest BCUT2D eigenvalue weighted by Crippen LogP contribution is -2.43. The zero-order valence-electron chi connectivity index (χ0n) is 15.3. The number of carboxylic acids is 1. The van der Waals surface area contributed by atoms with Gasteiger partial charge in [-0.3, -0.25) is 9.78 Å². The number of aromatic nitrogens is 1. The maximum absolute atomic E-state index is 13.2. The van der Waals surface area contributed by atoms with Gasteiger partial charge in [-0.05, 0) is 53.9 Å². The molecule has 0 spiro atoms. The molecule has 2 heterocycles. The maximum atomic E-state index is 13.2. The minimum absolute atomic E-state index is 0.0187. The first-order valence-corrected chi connectivity index (χ1v) is 10.4. The zero-order chi connectivity index (χ0) is 20.4. The third kappa shape index (κ3) is 3.72. The molecular formula is C21H18N2O5S. The molecule has 0 amide bonds. The van der Waals surface area contributed by atoms with Crippen LogP contribution in [0.4, 0.5) is 0 Å². The number of benzene rings is 2. The highest BCUT2D eigenvalue weighted by atomic mass is 32.2. The smallest absolute Gasteiger partial charge is 0.326 e. The standard InChI is InChI=1S/C21H18N2O5S/c24-21(25)20-19-4-2-1-3-15(19)11-14-23(20)29(26,27)18-7-5-16(6-8-18)28-17-9-12-22-13-10-17/h1-10,12-13,20H,11,14H2,(H,24,25). The van der Waals surface area contributed by atoms with Crippen LogP contribution in [-0.4, -0.2) is 35.3 Å². The summed E-state index contributed by atoms with van der Waals surface area (Å²) in [6.45, 7) is 0.103. The van der Waals surface area contributed by atoms with Gasteiger partial charge in [0.05, 0.1) is 4.90 Å². The molecule has 7 nitrogen and oxygen atoms in total. The third-order valence-electron chi connectivity index (χ3n) is 4.79. The van der Waals surface area contributed by atoms with Crippen molar-refractivity contribution in [3.05, 3.63) is 84.2 Å². The van der Waals surface area contributed by atoms with E-state index in [-0.39, 0.29) is 11.4 Å². The Kier molecular flexibility index (Phi) is 5.04. The number of rotatable bonds is 5. The van der Waals surface area contributed by atoms with E-state index in [1.165, 1.54) is 12.1 Å². The van der Waals surface area contributed by atoms with E-state index in [0.29, 0.717) is 23.5 Å². The Bertz CT molecular complexity index is 1130. The molecule has 0 saturated carbocycles. The van der Waals surface area contributed by atoms with Gasteiger partial charge in [0.25, 0.3) is 0 Å². The summed E-state index contributed by atoms with van der Waals surface area (Å²) in [5, 5.41) is 9.74. The molecule has 0 fully saturated rings. The number of nitrogens with zero attached hydrogens (tertiary/aromatic N) is 2. The lowest BCUT2D eigenvalue weighted by Gasteiger charge is -2.33. The number of hydrogen-bond donors (Lipinski definition) is 1. The second kappa shape index (κ2) is 7.65. The maximum Gasteiger partial charge on any atom is 0.326 e. The molecule has 29 heavy (non-hydrogen) atoms. The molecule has 0 aliphatic carbocycles. The number of carbonyl (C=O) groups is 1. The van der Waals surface area contributed by atoms with Gasteiger partial charge in [0.2, 0.25) is 10.0 Å². The number of hydrogen-bond acceptors (Lipinski definition) is 5. The third-order valence-corrected chi connectivity index (χ3v) is 6.67. The Morgan fingerprint density at radius 2 is 1.66 bits per heavy atom. The van der Waals surface area contributed by atoms with E-state index in [9.17, 15) is 18.3 Å². The fourth-order valence-electron chi connectivity index (χ4n) is 3.42. The Labute approximate surface area is 168 Å². The minimum Gasteiger partial charge on any atom is -0.480 e. The number of pyridine rings is 1. The van der Waals surface area contributed by atoms with E-state index < -0.39 is 22.0 Å². The van der Waals surface area contributed by atoms with Crippen molar-refractivity contribution in [1.82, 2.24) is 9.29 Å². The number of fused-ring (bicyclic) bond motifs is 1. The van der Waals surface area contributed by atoms with E-state index in [1.807, 2.05) is 12.1 Å². The average molecular weight is 410 g/mol. The first kappa shape index (κ1) is 19.1. The Balaban J connectivity index is 1.63. The Morgan fingerprint density at radius 1 is 1.00 bits per heavy atom. The lowest BCUT2D eigenvalue weighted by atomic mass is 9.94. The van der Waals surface area contributed by atoms with Crippen molar-refractivity contribution in [2.24, 2.45) is 0 Å². The quantitative estimate of drug-likeness (QED) is 0.694. The highest BCUT2D eigenvalue weighted by Crippen LogP contribution is 2.35. The van der Waals surface area contributed by atoms with E-state index >= 15 is 0 Å². The average Bonchev–Trinajstić information content (AvgIpc) is 2.74. The van der Waals surface area contributed by atoms with E-state index in [2.05, 4.69) is 4.98 Å². The normalized spacial score (nSPS) is 16.8. The van der Waals surface area contributed by atoms with Crippen LogP contribution in [0, 0.1) is 0 Å². The topological polar surface area (TPSA) is 96.8 Å². The van der Waals surface area contributed by atoms with Crippen LogP contribution in [0.2, 0.25) is 0 Å². The van der Waals surface area contributed by atoms with Gasteiger partial charge in [-0.15, -0.1) is 0 Å². The van der Waals surface area contributed by atoms with Crippen molar-refractivity contribution in [1.29, 1.82) is 0 Å². The van der Waals surface area contributed by atoms with Crippen molar-refractivity contribution >= 4 is 16.0 Å². The van der Waals surface area contributed by atoms with Crippen molar-refractivity contribution in [2.75, 3.05) is 6.54 Å². The molecule has 3 aromatic rings. The number of carboxylic acid groups (broad SMARTS) is 1. The largest absolute Gasteiger partial charge is 0.480 e. The molecule has 4 rings (SSSR count). The molecular weight excluding hydrogens is 392 g/mol. The van der Waals surface area contributed by atoms with Crippen LogP contribution in [-0.2, 0) is 21.2 Å². The summed E-state index contributed by atoms with van der Waals surface area (Å²) >= 11 is 0. The second-order valence-corrected chi connectivity index (χ2v) is 8.45. The summed E-state index contributed by atoms with van der Waals surface area (Å²) in [4.78, 5) is 15.9. The fraction of sp³-hybridized carbons (Fsp3) is 0.143. The van der Waals surface area contributed by atoms with Crippen LogP contribution in [0.15, 0.2) is 78.0 Å². The second-order valence-electron chi connectivity index (χ2n) is 6.56. The number of sulfonamides is 1. The molecule has 148 valence electrons. The van der Waals surface area contributed by atoms with Gasteiger partial charge in [0.1, 0.15) is 17.5 Å². The van der Waals surface area contributed by atoms with Crippen molar-refractivity contribution in [2.45, 2.75) is 17.4 Å². The molecule has 1 unspecified atom stereocenters. The predicted octanol–water partition coefficient (Wildman–Crippen LogP) is 3.25. The molecule has 1 aliphatic heterocycles. The summed E-state index contributed by atoms with van der Waals surface area (Å²) in [7, 11) is -4.00. The summed E-state index contributed by atoms with van der Waals surface area (Å²) in [6, 6.07) is 15.1. The van der Waals surface area contributed by atoms with E-state index in [0.717, 1.165) is 9.87 Å². The van der Waals surface area contributed by atoms with Crippen LogP contribution in [0.3, 0.4) is 0 Å². The highest BCUT2D eigenvalue weighted by Gasteiger charge is 2.40. The van der Waals surface area contributed by atoms with Gasteiger partial charge in [0, 0.05) is 18.9 Å². The van der Waals surface area contributed by atoms with Gasteiger partial charge in [-0.1, -0.05) is 24.3 Å². The van der Waals surface area contributed by atoms with Crippen LogP contribution in [0.25, 0.3) is 0 Å². The SMILES string of the molecule is O=C(O)C1c2ccccc2CCN1S(=O)(=O)c1ccc(Oc2ccncc2)cc1. The molecule has 2 aromatic carbocycles. The first-order chi connectivity index (χ1) is 14.0. The van der Waals surface area contributed by atoms with Gasteiger partial charge >= 0.3 is 5.97 Å². The monoisotopic (exact) mass is 410 g/mol. The molecule has 0 bridgehead atoms. The molecule has 0 radical (unpaired) electrons. The zero-order valence-corrected chi connectivity index (χ0v) is 16.1. The van der Waals surface area contributed by atoms with Gasteiger partial charge in [0.15, 0.2) is 0 Å². The van der Waals surface area contributed by atoms with Gasteiger partial charge < -0.3 is 9.84 Å². The highest BCUT2D eigenvalue weighted by molar-refractivity contribution is 7.89. The van der Waals surface area contributed by atoms with Crippen LogP contribution >= 0.6 is 0 Å². The Morgan fingerprint density at radius 3 is 2.34 bits per heavy atom. The van der Waals surface area contributed by atoms with Crippen molar-refractivity contribution in [3.8, 4) is 11.5 Å². The lowest BCUT2D eigenvalue weighted by molar-refractivity contribution is -0.142.